The molecule has 108 valence electrons. The van der Waals surface area contributed by atoms with Gasteiger partial charge in [-0.15, -0.1) is 0 Å². The molecule has 0 atom stereocenters. The van der Waals surface area contributed by atoms with Crippen LogP contribution in [0.15, 0.2) is 46.9 Å². The van der Waals surface area contributed by atoms with E-state index in [1.807, 2.05) is 18.2 Å². The lowest BCUT2D eigenvalue weighted by molar-refractivity contribution is 1.15. The molecule has 2 aromatic carbocycles. The van der Waals surface area contributed by atoms with Gasteiger partial charge >= 0.3 is 0 Å². The molecule has 0 saturated carbocycles. The Kier molecular flexibility index (Phi) is 4.87. The standard InChI is InChI=1S/C17H19BrN2Si/c1-21(2,3)16-7-4-13(5-8-16)12-20-17-9-6-15(18)10-14(17)11-19/h4-10,20H,12H2,1-3H3. The molecule has 21 heavy (non-hydrogen) atoms. The Morgan fingerprint density at radius 3 is 2.33 bits per heavy atom. The van der Waals surface area contributed by atoms with Gasteiger partial charge in [0.15, 0.2) is 0 Å². The largest absolute Gasteiger partial charge is 0.380 e. The Labute approximate surface area is 136 Å². The highest BCUT2D eigenvalue weighted by Gasteiger charge is 2.15. The van der Waals surface area contributed by atoms with E-state index in [4.69, 9.17) is 5.26 Å². The maximum Gasteiger partial charge on any atom is 0.101 e. The predicted octanol–water partition coefficient (Wildman–Crippen LogP) is 4.48. The molecule has 0 aromatic heterocycles. The highest BCUT2D eigenvalue weighted by molar-refractivity contribution is 9.10. The normalized spacial score (nSPS) is 11.0. The Morgan fingerprint density at radius 2 is 1.76 bits per heavy atom. The number of benzene rings is 2. The maximum absolute atomic E-state index is 9.16. The van der Waals surface area contributed by atoms with Crippen molar-refractivity contribution in [3.8, 4) is 6.07 Å². The van der Waals surface area contributed by atoms with Crippen LogP contribution in [0.3, 0.4) is 0 Å². The molecule has 0 aliphatic rings. The minimum Gasteiger partial charge on any atom is -0.380 e. The third kappa shape index (κ3) is 4.20. The van der Waals surface area contributed by atoms with Gasteiger partial charge in [0.25, 0.3) is 0 Å². The quantitative estimate of drug-likeness (QED) is 0.817. The number of nitriles is 1. The number of hydrogen-bond donors (Lipinski definition) is 1. The van der Waals surface area contributed by atoms with Crippen LogP contribution >= 0.6 is 15.9 Å². The van der Waals surface area contributed by atoms with Crippen molar-refractivity contribution in [2.75, 3.05) is 5.32 Å². The number of halogens is 1. The molecule has 2 aromatic rings. The van der Waals surface area contributed by atoms with Crippen LogP contribution in [-0.2, 0) is 6.54 Å². The summed E-state index contributed by atoms with van der Waals surface area (Å²) >= 11 is 3.38. The Balaban J connectivity index is 2.09. The monoisotopic (exact) mass is 358 g/mol. The predicted molar refractivity (Wildman–Crippen MR) is 95.6 cm³/mol. The van der Waals surface area contributed by atoms with Crippen LogP contribution in [-0.4, -0.2) is 8.07 Å². The second kappa shape index (κ2) is 6.46. The molecular weight excluding hydrogens is 340 g/mol. The molecule has 0 aliphatic carbocycles. The van der Waals surface area contributed by atoms with Crippen molar-refractivity contribution in [2.24, 2.45) is 0 Å². The van der Waals surface area contributed by atoms with Gasteiger partial charge in [-0.2, -0.15) is 5.26 Å². The van der Waals surface area contributed by atoms with E-state index in [2.05, 4.69) is 71.2 Å². The lowest BCUT2D eigenvalue weighted by Crippen LogP contribution is -2.37. The van der Waals surface area contributed by atoms with E-state index in [9.17, 15) is 0 Å². The lowest BCUT2D eigenvalue weighted by atomic mass is 10.1. The minimum atomic E-state index is -1.23. The van der Waals surface area contributed by atoms with E-state index in [1.54, 1.807) is 0 Å². The summed E-state index contributed by atoms with van der Waals surface area (Å²) in [5.41, 5.74) is 2.75. The summed E-state index contributed by atoms with van der Waals surface area (Å²) in [7, 11) is -1.23. The van der Waals surface area contributed by atoms with Gasteiger partial charge in [0.1, 0.15) is 6.07 Å². The van der Waals surface area contributed by atoms with Crippen molar-refractivity contribution in [1.29, 1.82) is 5.26 Å². The fourth-order valence-electron chi connectivity index (χ4n) is 2.08. The van der Waals surface area contributed by atoms with Crippen LogP contribution in [0.25, 0.3) is 0 Å². The number of nitrogens with zero attached hydrogens (tertiary/aromatic N) is 1. The molecule has 0 spiro atoms. The zero-order valence-electron chi connectivity index (χ0n) is 12.6. The molecule has 4 heteroatoms. The molecule has 0 bridgehead atoms. The van der Waals surface area contributed by atoms with Crippen LogP contribution in [0, 0.1) is 11.3 Å². The van der Waals surface area contributed by atoms with Gasteiger partial charge in [-0.25, -0.2) is 0 Å². The molecule has 1 N–H and O–H groups in total. The molecule has 0 fully saturated rings. The highest BCUT2D eigenvalue weighted by Crippen LogP contribution is 2.20. The van der Waals surface area contributed by atoms with Crippen molar-refractivity contribution in [3.63, 3.8) is 0 Å². The summed E-state index contributed by atoms with van der Waals surface area (Å²) in [4.78, 5) is 0. The second-order valence-electron chi connectivity index (χ2n) is 6.10. The van der Waals surface area contributed by atoms with E-state index in [0.717, 1.165) is 16.7 Å². The summed E-state index contributed by atoms with van der Waals surface area (Å²) in [6, 6.07) is 16.7. The summed E-state index contributed by atoms with van der Waals surface area (Å²) in [6.45, 7) is 7.77. The molecule has 2 nitrogen and oxygen atoms in total. The summed E-state index contributed by atoms with van der Waals surface area (Å²) < 4.78 is 0.920. The Morgan fingerprint density at radius 1 is 1.10 bits per heavy atom. The van der Waals surface area contributed by atoms with Crippen LogP contribution in [0.2, 0.25) is 19.6 Å². The smallest absolute Gasteiger partial charge is 0.101 e. The summed E-state index contributed by atoms with van der Waals surface area (Å²) in [5.74, 6) is 0. The number of nitrogens with one attached hydrogen (secondary N) is 1. The van der Waals surface area contributed by atoms with Crippen LogP contribution < -0.4 is 10.5 Å². The molecular formula is C17H19BrN2Si. The zero-order chi connectivity index (χ0) is 15.5. The van der Waals surface area contributed by atoms with Gasteiger partial charge in [-0.3, -0.25) is 0 Å². The van der Waals surface area contributed by atoms with E-state index >= 15 is 0 Å². The third-order valence-corrected chi connectivity index (χ3v) is 5.96. The Hall–Kier alpha value is -1.57. The first-order valence-corrected chi connectivity index (χ1v) is 11.2. The van der Waals surface area contributed by atoms with Crippen molar-refractivity contribution < 1.29 is 0 Å². The SMILES string of the molecule is C[Si](C)(C)c1ccc(CNc2ccc(Br)cc2C#N)cc1. The topological polar surface area (TPSA) is 35.8 Å². The molecule has 0 aliphatic heterocycles. The molecule has 0 amide bonds. The highest BCUT2D eigenvalue weighted by atomic mass is 79.9. The van der Waals surface area contributed by atoms with Gasteiger partial charge in [0.2, 0.25) is 0 Å². The van der Waals surface area contributed by atoms with Gasteiger partial charge in [0.05, 0.1) is 19.3 Å². The maximum atomic E-state index is 9.16. The molecule has 2 rings (SSSR count). The average Bonchev–Trinajstić information content (AvgIpc) is 2.45. The van der Waals surface area contributed by atoms with Gasteiger partial charge < -0.3 is 5.32 Å². The van der Waals surface area contributed by atoms with Crippen molar-refractivity contribution in [1.82, 2.24) is 0 Å². The van der Waals surface area contributed by atoms with Crippen LogP contribution in [0.4, 0.5) is 5.69 Å². The lowest BCUT2D eigenvalue weighted by Gasteiger charge is -2.17. The number of hydrogen-bond acceptors (Lipinski definition) is 2. The van der Waals surface area contributed by atoms with Crippen molar-refractivity contribution in [3.05, 3.63) is 58.1 Å². The van der Waals surface area contributed by atoms with Crippen molar-refractivity contribution in [2.45, 2.75) is 26.2 Å². The second-order valence-corrected chi connectivity index (χ2v) is 12.1. The first-order valence-electron chi connectivity index (χ1n) is 6.93. The molecule has 0 radical (unpaired) electrons. The Bertz CT molecular complexity index is 667. The van der Waals surface area contributed by atoms with Crippen LogP contribution in [0.1, 0.15) is 11.1 Å². The number of rotatable bonds is 4. The van der Waals surface area contributed by atoms with Gasteiger partial charge in [-0.1, -0.05) is 65.0 Å². The average molecular weight is 359 g/mol. The summed E-state index contributed by atoms with van der Waals surface area (Å²) in [6.07, 6.45) is 0. The fraction of sp³-hybridized carbons (Fsp3) is 0.235. The van der Waals surface area contributed by atoms with Crippen LogP contribution in [0.5, 0.6) is 0 Å². The fourth-order valence-corrected chi connectivity index (χ4v) is 3.61. The molecule has 0 heterocycles. The minimum absolute atomic E-state index is 0.656. The van der Waals surface area contributed by atoms with Crippen molar-refractivity contribution >= 4 is 34.9 Å². The first-order chi connectivity index (χ1) is 9.90. The van der Waals surface area contributed by atoms with E-state index in [0.29, 0.717) is 5.56 Å². The van der Waals surface area contributed by atoms with Gasteiger partial charge in [0, 0.05) is 11.0 Å². The van der Waals surface area contributed by atoms with E-state index < -0.39 is 8.07 Å². The van der Waals surface area contributed by atoms with E-state index in [-0.39, 0.29) is 0 Å². The summed E-state index contributed by atoms with van der Waals surface area (Å²) in [5, 5.41) is 14.0. The molecule has 0 saturated heterocycles. The molecule has 0 unspecified atom stereocenters. The van der Waals surface area contributed by atoms with Gasteiger partial charge in [-0.05, 0) is 23.8 Å². The van der Waals surface area contributed by atoms with E-state index in [1.165, 1.54) is 10.8 Å². The zero-order valence-corrected chi connectivity index (χ0v) is 15.2. The number of anilines is 1. The third-order valence-electron chi connectivity index (χ3n) is 3.40. The first kappa shape index (κ1) is 15.8.